The number of methoxy groups -OCH3 is 1. The average Bonchev–Trinajstić information content (AvgIpc) is 2.72. The molecule has 0 aliphatic heterocycles. The van der Waals surface area contributed by atoms with E-state index >= 15 is 0 Å². The molecule has 0 bridgehead atoms. The number of H-pyrrole nitrogens is 1. The number of ether oxygens (including phenoxy) is 1. The van der Waals surface area contributed by atoms with Gasteiger partial charge in [0.1, 0.15) is 5.75 Å². The quantitative estimate of drug-likeness (QED) is 0.507. The van der Waals surface area contributed by atoms with Crippen molar-refractivity contribution in [1.82, 2.24) is 9.88 Å². The van der Waals surface area contributed by atoms with E-state index < -0.39 is 0 Å². The summed E-state index contributed by atoms with van der Waals surface area (Å²) in [4.78, 5) is 19.1. The fourth-order valence-electron chi connectivity index (χ4n) is 3.30. The van der Waals surface area contributed by atoms with Crippen LogP contribution >= 0.6 is 12.2 Å². The monoisotopic (exact) mass is 425 g/mol. The molecule has 0 saturated carbocycles. The SMILES string of the molecule is COc1ccccc1NC(=S)N(CC[NH+](C)C)Cc1cc2cccc(C)c2[nH]c1=O. The van der Waals surface area contributed by atoms with Crippen LogP contribution in [-0.2, 0) is 6.54 Å². The first kappa shape index (κ1) is 21.8. The molecule has 30 heavy (non-hydrogen) atoms. The van der Waals surface area contributed by atoms with E-state index in [1.54, 1.807) is 7.11 Å². The number of anilines is 1. The molecule has 0 atom stereocenters. The van der Waals surface area contributed by atoms with E-state index in [9.17, 15) is 4.79 Å². The summed E-state index contributed by atoms with van der Waals surface area (Å²) in [6.45, 7) is 4.02. The van der Waals surface area contributed by atoms with Crippen LogP contribution in [0, 0.1) is 6.92 Å². The minimum Gasteiger partial charge on any atom is -0.495 e. The van der Waals surface area contributed by atoms with Gasteiger partial charge in [-0.15, -0.1) is 0 Å². The molecule has 1 heterocycles. The Labute approximate surface area is 182 Å². The van der Waals surface area contributed by atoms with E-state index in [0.29, 0.717) is 23.8 Å². The van der Waals surface area contributed by atoms with Crippen molar-refractivity contribution >= 4 is 33.9 Å². The number of quaternary nitrogens is 1. The number of aryl methyl sites for hydroxylation is 1. The summed E-state index contributed by atoms with van der Waals surface area (Å²) in [5.74, 6) is 0.720. The number of aromatic nitrogens is 1. The van der Waals surface area contributed by atoms with E-state index in [1.165, 1.54) is 4.90 Å². The lowest BCUT2D eigenvalue weighted by Gasteiger charge is -2.26. The minimum absolute atomic E-state index is 0.0842. The highest BCUT2D eigenvalue weighted by atomic mass is 32.1. The lowest BCUT2D eigenvalue weighted by Crippen LogP contribution is -3.06. The number of benzene rings is 2. The van der Waals surface area contributed by atoms with E-state index in [1.807, 2.05) is 60.4 Å². The van der Waals surface area contributed by atoms with Gasteiger partial charge in [-0.25, -0.2) is 0 Å². The van der Waals surface area contributed by atoms with Crippen LogP contribution in [-0.4, -0.2) is 49.3 Å². The zero-order valence-electron chi connectivity index (χ0n) is 17.9. The van der Waals surface area contributed by atoms with Gasteiger partial charge in [0, 0.05) is 5.56 Å². The molecule has 0 aliphatic carbocycles. The first-order valence-electron chi connectivity index (χ1n) is 9.98. The third kappa shape index (κ3) is 5.17. The molecule has 0 fully saturated rings. The third-order valence-electron chi connectivity index (χ3n) is 5.04. The van der Waals surface area contributed by atoms with Gasteiger partial charge < -0.3 is 24.8 Å². The number of nitrogens with one attached hydrogen (secondary N) is 3. The smallest absolute Gasteiger partial charge is 0.253 e. The van der Waals surface area contributed by atoms with Crippen molar-refractivity contribution in [2.75, 3.05) is 39.6 Å². The van der Waals surface area contributed by atoms with Crippen LogP contribution in [0.1, 0.15) is 11.1 Å². The van der Waals surface area contributed by atoms with Gasteiger partial charge in [-0.05, 0) is 48.3 Å². The van der Waals surface area contributed by atoms with E-state index in [-0.39, 0.29) is 5.56 Å². The minimum atomic E-state index is -0.0842. The van der Waals surface area contributed by atoms with Crippen molar-refractivity contribution in [1.29, 1.82) is 0 Å². The highest BCUT2D eigenvalue weighted by Gasteiger charge is 2.16. The van der Waals surface area contributed by atoms with Gasteiger partial charge in [0.2, 0.25) is 0 Å². The second kappa shape index (κ2) is 9.73. The van der Waals surface area contributed by atoms with Gasteiger partial charge in [0.25, 0.3) is 5.56 Å². The van der Waals surface area contributed by atoms with Gasteiger partial charge in [-0.2, -0.15) is 0 Å². The Kier molecular flexibility index (Phi) is 7.07. The molecule has 6 nitrogen and oxygen atoms in total. The predicted octanol–water partition coefficient (Wildman–Crippen LogP) is 2.19. The van der Waals surface area contributed by atoms with Crippen LogP contribution < -0.4 is 20.5 Å². The first-order valence-corrected chi connectivity index (χ1v) is 10.4. The molecule has 158 valence electrons. The highest BCUT2D eigenvalue weighted by Crippen LogP contribution is 2.23. The number of hydrogen-bond acceptors (Lipinski definition) is 3. The average molecular weight is 426 g/mol. The first-order chi connectivity index (χ1) is 14.4. The van der Waals surface area contributed by atoms with Crippen LogP contribution in [0.5, 0.6) is 5.75 Å². The summed E-state index contributed by atoms with van der Waals surface area (Å²) in [5.41, 5.74) is 3.34. The van der Waals surface area contributed by atoms with Crippen LogP contribution in [0.4, 0.5) is 5.69 Å². The van der Waals surface area contributed by atoms with Gasteiger partial charge in [0.15, 0.2) is 5.11 Å². The maximum atomic E-state index is 12.8. The number of hydrogen-bond donors (Lipinski definition) is 3. The van der Waals surface area contributed by atoms with Crippen molar-refractivity contribution in [3.63, 3.8) is 0 Å². The Hall–Kier alpha value is -2.90. The molecule has 0 aliphatic rings. The Morgan fingerprint density at radius 3 is 2.70 bits per heavy atom. The molecule has 3 aromatic rings. The summed E-state index contributed by atoms with van der Waals surface area (Å²) in [6, 6.07) is 15.6. The molecular weight excluding hydrogens is 396 g/mol. The van der Waals surface area contributed by atoms with Crippen LogP contribution in [0.25, 0.3) is 10.9 Å². The molecule has 3 rings (SSSR count). The standard InChI is InChI=1S/C23H28N4O2S/c1-16-8-7-9-17-14-18(22(28)25-21(16)17)15-27(13-12-26(2)3)23(30)24-19-10-5-6-11-20(19)29-4/h5-11,14H,12-13,15H2,1-4H3,(H,24,30)(H,25,28)/p+1. The number of para-hydroxylation sites is 3. The topological polar surface area (TPSA) is 61.8 Å². The summed E-state index contributed by atoms with van der Waals surface area (Å²) in [5, 5.41) is 4.86. The number of nitrogens with zero attached hydrogens (tertiary/aromatic N) is 1. The van der Waals surface area contributed by atoms with Gasteiger partial charge in [-0.1, -0.05) is 30.3 Å². The fourth-order valence-corrected chi connectivity index (χ4v) is 3.57. The number of likely N-dealkylation sites (N-methyl/N-ethyl adjacent to an activating group) is 1. The lowest BCUT2D eigenvalue weighted by atomic mass is 10.1. The fraction of sp³-hybridized carbons (Fsp3) is 0.304. The molecule has 7 heteroatoms. The summed E-state index contributed by atoms with van der Waals surface area (Å²) in [7, 11) is 5.83. The Balaban J connectivity index is 1.88. The molecule has 0 spiro atoms. The highest BCUT2D eigenvalue weighted by molar-refractivity contribution is 7.80. The van der Waals surface area contributed by atoms with Crippen LogP contribution in [0.2, 0.25) is 0 Å². The second-order valence-electron chi connectivity index (χ2n) is 7.67. The normalized spacial score (nSPS) is 11.0. The van der Waals surface area contributed by atoms with Gasteiger partial charge in [-0.3, -0.25) is 4.79 Å². The number of rotatable bonds is 7. The number of thiocarbonyl (C=S) groups is 1. The largest absolute Gasteiger partial charge is 0.495 e. The Bertz CT molecular complexity index is 1090. The van der Waals surface area contributed by atoms with E-state index in [4.69, 9.17) is 17.0 Å². The zero-order chi connectivity index (χ0) is 21.7. The predicted molar refractivity (Wildman–Crippen MR) is 127 cm³/mol. The van der Waals surface area contributed by atoms with E-state index in [2.05, 4.69) is 24.4 Å². The van der Waals surface area contributed by atoms with Gasteiger partial charge >= 0.3 is 0 Å². The Morgan fingerprint density at radius 2 is 1.97 bits per heavy atom. The van der Waals surface area contributed by atoms with Crippen LogP contribution in [0.15, 0.2) is 53.3 Å². The molecule has 2 aromatic carbocycles. The van der Waals surface area contributed by atoms with Crippen molar-refractivity contribution in [3.8, 4) is 5.75 Å². The Morgan fingerprint density at radius 1 is 1.20 bits per heavy atom. The summed E-state index contributed by atoms with van der Waals surface area (Å²) in [6.07, 6.45) is 0. The van der Waals surface area contributed by atoms with Crippen LogP contribution in [0.3, 0.4) is 0 Å². The number of fused-ring (bicyclic) bond motifs is 1. The van der Waals surface area contributed by atoms with Gasteiger partial charge in [0.05, 0.1) is 52.0 Å². The number of pyridine rings is 1. The van der Waals surface area contributed by atoms with E-state index in [0.717, 1.165) is 34.4 Å². The molecule has 1 aromatic heterocycles. The summed E-state index contributed by atoms with van der Waals surface area (Å²) >= 11 is 5.71. The number of aromatic amines is 1. The second-order valence-corrected chi connectivity index (χ2v) is 8.06. The maximum absolute atomic E-state index is 12.8. The maximum Gasteiger partial charge on any atom is 0.253 e. The summed E-state index contributed by atoms with van der Waals surface area (Å²) < 4.78 is 5.42. The molecule has 0 radical (unpaired) electrons. The molecule has 0 saturated heterocycles. The molecular formula is C23H29N4O2S+. The third-order valence-corrected chi connectivity index (χ3v) is 5.40. The van der Waals surface area contributed by atoms with Crippen molar-refractivity contribution < 1.29 is 9.64 Å². The van der Waals surface area contributed by atoms with Crippen molar-refractivity contribution in [2.45, 2.75) is 13.5 Å². The van der Waals surface area contributed by atoms with Crippen molar-refractivity contribution in [3.05, 3.63) is 70.0 Å². The molecule has 0 unspecified atom stereocenters. The van der Waals surface area contributed by atoms with Crippen molar-refractivity contribution in [2.24, 2.45) is 0 Å². The lowest BCUT2D eigenvalue weighted by molar-refractivity contribution is -0.857. The molecule has 3 N–H and O–H groups in total. The molecule has 0 amide bonds. The zero-order valence-corrected chi connectivity index (χ0v) is 18.7.